The number of pyridine rings is 1. The second-order valence-electron chi connectivity index (χ2n) is 4.97. The van der Waals surface area contributed by atoms with Gasteiger partial charge in [0.1, 0.15) is 12.4 Å². The smallest absolute Gasteiger partial charge is 0.127 e. The summed E-state index contributed by atoms with van der Waals surface area (Å²) in [4.78, 5) is 4.29. The lowest BCUT2D eigenvalue weighted by molar-refractivity contribution is 0.0685. The molecular formula is C15H18N2O2. The molecule has 4 heteroatoms. The van der Waals surface area contributed by atoms with Gasteiger partial charge in [-0.15, -0.1) is 0 Å². The van der Waals surface area contributed by atoms with E-state index < -0.39 is 0 Å². The maximum absolute atomic E-state index is 5.97. The highest BCUT2D eigenvalue weighted by Gasteiger charge is 2.16. The Morgan fingerprint density at radius 2 is 2.32 bits per heavy atom. The molecule has 3 rings (SSSR count). The maximum atomic E-state index is 5.97. The standard InChI is InChI=1S/C15H18N2O2/c1-10-7-12-13(8-17-10)14(16)4-5-15(12)19-9-11-3-2-6-18-11/h4-5,7-8,11H,2-3,6,9,16H2,1H3. The lowest BCUT2D eigenvalue weighted by Gasteiger charge is -2.14. The first-order valence-electron chi connectivity index (χ1n) is 6.63. The Morgan fingerprint density at radius 3 is 3.11 bits per heavy atom. The fourth-order valence-electron chi connectivity index (χ4n) is 2.42. The predicted octanol–water partition coefficient (Wildman–Crippen LogP) is 2.68. The van der Waals surface area contributed by atoms with Gasteiger partial charge >= 0.3 is 0 Å². The summed E-state index contributed by atoms with van der Waals surface area (Å²) in [6.07, 6.45) is 4.22. The number of nitrogens with two attached hydrogens (primary N) is 1. The Bertz CT molecular complexity index is 592. The van der Waals surface area contributed by atoms with Crippen molar-refractivity contribution in [2.75, 3.05) is 18.9 Å². The van der Waals surface area contributed by atoms with E-state index >= 15 is 0 Å². The van der Waals surface area contributed by atoms with Crippen LogP contribution in [0.4, 0.5) is 5.69 Å². The Labute approximate surface area is 112 Å². The molecule has 0 bridgehead atoms. The van der Waals surface area contributed by atoms with Gasteiger partial charge in [0.05, 0.1) is 6.10 Å². The first-order chi connectivity index (χ1) is 9.24. The number of hydrogen-bond acceptors (Lipinski definition) is 4. The van der Waals surface area contributed by atoms with Gasteiger partial charge in [-0.25, -0.2) is 0 Å². The summed E-state index contributed by atoms with van der Waals surface area (Å²) in [6.45, 7) is 3.41. The van der Waals surface area contributed by atoms with Gasteiger partial charge in [-0.2, -0.15) is 0 Å². The molecular weight excluding hydrogens is 240 g/mol. The highest BCUT2D eigenvalue weighted by molar-refractivity contribution is 5.96. The average molecular weight is 258 g/mol. The van der Waals surface area contributed by atoms with Crippen LogP contribution in [-0.2, 0) is 4.74 Å². The Balaban J connectivity index is 1.89. The average Bonchev–Trinajstić information content (AvgIpc) is 2.91. The van der Waals surface area contributed by atoms with E-state index in [0.29, 0.717) is 6.61 Å². The minimum atomic E-state index is 0.218. The SMILES string of the molecule is Cc1cc2c(OCC3CCCO3)ccc(N)c2cn1. The number of hydrogen-bond donors (Lipinski definition) is 1. The van der Waals surface area contributed by atoms with Crippen molar-refractivity contribution in [3.05, 3.63) is 30.1 Å². The number of fused-ring (bicyclic) bond motifs is 1. The van der Waals surface area contributed by atoms with Crippen LogP contribution in [0.3, 0.4) is 0 Å². The number of aromatic nitrogens is 1. The van der Waals surface area contributed by atoms with E-state index in [1.807, 2.05) is 25.1 Å². The van der Waals surface area contributed by atoms with Crippen molar-refractivity contribution in [3.8, 4) is 5.75 Å². The van der Waals surface area contributed by atoms with Crippen molar-refractivity contribution in [3.63, 3.8) is 0 Å². The highest BCUT2D eigenvalue weighted by atomic mass is 16.5. The highest BCUT2D eigenvalue weighted by Crippen LogP contribution is 2.30. The molecule has 1 atom stereocenters. The minimum Gasteiger partial charge on any atom is -0.490 e. The molecule has 1 aliphatic rings. The summed E-state index contributed by atoms with van der Waals surface area (Å²) >= 11 is 0. The summed E-state index contributed by atoms with van der Waals surface area (Å²) < 4.78 is 11.5. The van der Waals surface area contributed by atoms with Crippen molar-refractivity contribution in [2.24, 2.45) is 0 Å². The summed E-state index contributed by atoms with van der Waals surface area (Å²) in [5.41, 5.74) is 7.66. The predicted molar refractivity (Wildman–Crippen MR) is 75.4 cm³/mol. The van der Waals surface area contributed by atoms with E-state index in [0.717, 1.165) is 47.4 Å². The number of rotatable bonds is 3. The third-order valence-corrected chi connectivity index (χ3v) is 3.48. The molecule has 1 aliphatic heterocycles. The van der Waals surface area contributed by atoms with Crippen LogP contribution in [0.1, 0.15) is 18.5 Å². The van der Waals surface area contributed by atoms with E-state index in [-0.39, 0.29) is 6.10 Å². The van der Waals surface area contributed by atoms with Gasteiger partial charge in [0, 0.05) is 35.0 Å². The second kappa shape index (κ2) is 5.05. The summed E-state index contributed by atoms with van der Waals surface area (Å²) in [6, 6.07) is 5.80. The molecule has 1 aromatic carbocycles. The first-order valence-corrected chi connectivity index (χ1v) is 6.63. The Hall–Kier alpha value is -1.81. The van der Waals surface area contributed by atoms with Gasteiger partial charge in [-0.1, -0.05) is 0 Å². The molecule has 0 saturated carbocycles. The molecule has 2 aromatic rings. The van der Waals surface area contributed by atoms with Gasteiger partial charge in [-0.3, -0.25) is 4.98 Å². The van der Waals surface area contributed by atoms with Crippen LogP contribution in [-0.4, -0.2) is 24.3 Å². The van der Waals surface area contributed by atoms with E-state index in [4.69, 9.17) is 15.2 Å². The van der Waals surface area contributed by atoms with E-state index in [2.05, 4.69) is 4.98 Å². The fourth-order valence-corrected chi connectivity index (χ4v) is 2.42. The van der Waals surface area contributed by atoms with Gasteiger partial charge in [-0.05, 0) is 38.0 Å². The van der Waals surface area contributed by atoms with Gasteiger partial charge in [0.2, 0.25) is 0 Å². The molecule has 1 aromatic heterocycles. The summed E-state index contributed by atoms with van der Waals surface area (Å²) in [7, 11) is 0. The number of aryl methyl sites for hydroxylation is 1. The molecule has 2 N–H and O–H groups in total. The van der Waals surface area contributed by atoms with Crippen LogP contribution in [0.15, 0.2) is 24.4 Å². The summed E-state index contributed by atoms with van der Waals surface area (Å²) in [5, 5.41) is 1.96. The topological polar surface area (TPSA) is 57.4 Å². The zero-order valence-corrected chi connectivity index (χ0v) is 11.1. The lowest BCUT2D eigenvalue weighted by Crippen LogP contribution is -2.16. The van der Waals surface area contributed by atoms with Crippen LogP contribution >= 0.6 is 0 Å². The number of ether oxygens (including phenoxy) is 2. The van der Waals surface area contributed by atoms with Crippen molar-refractivity contribution in [1.29, 1.82) is 0 Å². The monoisotopic (exact) mass is 258 g/mol. The van der Waals surface area contributed by atoms with Crippen LogP contribution in [0.2, 0.25) is 0 Å². The maximum Gasteiger partial charge on any atom is 0.127 e. The zero-order chi connectivity index (χ0) is 13.2. The normalized spacial score (nSPS) is 18.9. The zero-order valence-electron chi connectivity index (χ0n) is 11.1. The third-order valence-electron chi connectivity index (χ3n) is 3.48. The van der Waals surface area contributed by atoms with Crippen LogP contribution in [0.25, 0.3) is 10.8 Å². The molecule has 100 valence electrons. The molecule has 1 saturated heterocycles. The van der Waals surface area contributed by atoms with E-state index in [1.54, 1.807) is 6.20 Å². The molecule has 0 spiro atoms. The lowest BCUT2D eigenvalue weighted by atomic mass is 10.1. The van der Waals surface area contributed by atoms with Crippen LogP contribution in [0, 0.1) is 6.92 Å². The largest absolute Gasteiger partial charge is 0.490 e. The van der Waals surface area contributed by atoms with Gasteiger partial charge in [0.25, 0.3) is 0 Å². The Kier molecular flexibility index (Phi) is 3.25. The number of nitrogens with zero attached hydrogens (tertiary/aromatic N) is 1. The Morgan fingerprint density at radius 1 is 1.42 bits per heavy atom. The van der Waals surface area contributed by atoms with Crippen molar-refractivity contribution in [2.45, 2.75) is 25.9 Å². The second-order valence-corrected chi connectivity index (χ2v) is 4.97. The molecule has 2 heterocycles. The van der Waals surface area contributed by atoms with Gasteiger partial charge in [0.15, 0.2) is 0 Å². The molecule has 0 radical (unpaired) electrons. The van der Waals surface area contributed by atoms with Crippen molar-refractivity contribution < 1.29 is 9.47 Å². The quantitative estimate of drug-likeness (QED) is 0.860. The number of nitrogen functional groups attached to an aromatic ring is 1. The van der Waals surface area contributed by atoms with Gasteiger partial charge < -0.3 is 15.2 Å². The van der Waals surface area contributed by atoms with E-state index in [9.17, 15) is 0 Å². The van der Waals surface area contributed by atoms with Crippen molar-refractivity contribution >= 4 is 16.5 Å². The molecule has 0 amide bonds. The summed E-state index contributed by atoms with van der Waals surface area (Å²) in [5.74, 6) is 0.852. The molecule has 4 nitrogen and oxygen atoms in total. The molecule has 0 aliphatic carbocycles. The minimum absolute atomic E-state index is 0.218. The molecule has 19 heavy (non-hydrogen) atoms. The first kappa shape index (κ1) is 12.2. The fraction of sp³-hybridized carbons (Fsp3) is 0.400. The van der Waals surface area contributed by atoms with Crippen molar-refractivity contribution in [1.82, 2.24) is 4.98 Å². The van der Waals surface area contributed by atoms with E-state index in [1.165, 1.54) is 0 Å². The number of benzene rings is 1. The van der Waals surface area contributed by atoms with Crippen LogP contribution < -0.4 is 10.5 Å². The molecule has 1 fully saturated rings. The third kappa shape index (κ3) is 2.49. The van der Waals surface area contributed by atoms with Crippen LogP contribution in [0.5, 0.6) is 5.75 Å². The molecule has 1 unspecified atom stereocenters. The number of anilines is 1.